The van der Waals surface area contributed by atoms with Crippen LogP contribution < -0.4 is 0 Å². The van der Waals surface area contributed by atoms with E-state index in [1.807, 2.05) is 6.92 Å². The molecule has 3 aliphatic rings. The number of hydrogen-bond donors (Lipinski definition) is 4. The quantitative estimate of drug-likeness (QED) is 0.0671. The van der Waals surface area contributed by atoms with Gasteiger partial charge in [0, 0.05) is 48.2 Å². The number of aliphatic carboxylic acids is 1. The third-order valence-corrected chi connectivity index (χ3v) is 11.8. The van der Waals surface area contributed by atoms with Crippen molar-refractivity contribution in [2.24, 2.45) is 5.41 Å². The van der Waals surface area contributed by atoms with E-state index in [9.17, 15) is 9.90 Å². The molecule has 6 atom stereocenters. The van der Waals surface area contributed by atoms with Gasteiger partial charge in [0.05, 0.1) is 19.8 Å². The van der Waals surface area contributed by atoms with Crippen LogP contribution in [0, 0.1) is 5.41 Å². The molecule has 8 heteroatoms. The van der Waals surface area contributed by atoms with Gasteiger partial charge >= 0.3 is 5.97 Å². The Balaban J connectivity index is 0.000000745. The van der Waals surface area contributed by atoms with Gasteiger partial charge < -0.3 is 20.4 Å². The second-order valence-electron chi connectivity index (χ2n) is 15.2. The van der Waals surface area contributed by atoms with Gasteiger partial charge in [-0.3, -0.25) is 14.7 Å². The van der Waals surface area contributed by atoms with Gasteiger partial charge in [0.1, 0.15) is 0 Å². The number of carboxylic acids is 1. The highest BCUT2D eigenvalue weighted by Crippen LogP contribution is 2.54. The topological polar surface area (TPSA) is 107 Å². The third-order valence-electron chi connectivity index (χ3n) is 11.8. The number of aliphatic hydroxyl groups excluding tert-OH is 3. The molecule has 0 amide bonds. The van der Waals surface area contributed by atoms with Crippen LogP contribution in [-0.2, 0) is 4.79 Å². The molecule has 0 saturated carbocycles. The minimum Gasteiger partial charge on any atom is -0.479 e. The summed E-state index contributed by atoms with van der Waals surface area (Å²) in [6, 6.07) is 2.96. The van der Waals surface area contributed by atoms with E-state index in [1.54, 1.807) is 0 Å². The maximum atomic E-state index is 13.8. The first kappa shape index (κ1) is 42.4. The molecule has 3 saturated heterocycles. The summed E-state index contributed by atoms with van der Waals surface area (Å²) in [5.41, 5.74) is -1.51. The molecule has 0 aromatic carbocycles. The molecule has 0 spiro atoms. The van der Waals surface area contributed by atoms with Crippen LogP contribution in [-0.4, -0.2) is 109 Å². The van der Waals surface area contributed by atoms with E-state index in [-0.39, 0.29) is 19.8 Å². The molecule has 0 aromatic heterocycles. The smallest absolute Gasteiger partial charge is 0.340 e. The lowest BCUT2D eigenvalue weighted by Gasteiger charge is -2.36. The van der Waals surface area contributed by atoms with Crippen LogP contribution in [0.3, 0.4) is 0 Å². The highest BCUT2D eigenvalue weighted by molar-refractivity contribution is 5.80. The van der Waals surface area contributed by atoms with Crippen molar-refractivity contribution in [2.45, 2.75) is 212 Å². The summed E-state index contributed by atoms with van der Waals surface area (Å²) in [5, 5.41) is 37.3. The summed E-state index contributed by atoms with van der Waals surface area (Å²) < 4.78 is 0. The van der Waals surface area contributed by atoms with Crippen molar-refractivity contribution in [3.63, 3.8) is 0 Å². The third kappa shape index (κ3) is 10.9. The predicted molar refractivity (Wildman–Crippen MR) is 195 cm³/mol. The van der Waals surface area contributed by atoms with E-state index in [2.05, 4.69) is 56.2 Å². The largest absolute Gasteiger partial charge is 0.479 e. The molecule has 0 bridgehead atoms. The SMILES string of the molecule is CCC(CO)(CO)CO.CCCCC1C(CCCC)N1CC(C(=O)O)(N1C(CCCC)C1CCCC)N1C(CCCC)C1CCCC. The van der Waals surface area contributed by atoms with Gasteiger partial charge in [-0.15, -0.1) is 0 Å². The van der Waals surface area contributed by atoms with Gasteiger partial charge in [-0.1, -0.05) is 126 Å². The molecule has 0 aliphatic carbocycles. The van der Waals surface area contributed by atoms with Gasteiger partial charge in [-0.2, -0.15) is 0 Å². The molecular formula is C39H77N3O5. The maximum absolute atomic E-state index is 13.8. The molecular weight excluding hydrogens is 590 g/mol. The zero-order valence-electron chi connectivity index (χ0n) is 31.8. The number of aliphatic hydroxyl groups is 3. The van der Waals surface area contributed by atoms with Crippen molar-refractivity contribution in [3.05, 3.63) is 0 Å². The zero-order valence-corrected chi connectivity index (χ0v) is 31.8. The summed E-state index contributed by atoms with van der Waals surface area (Å²) in [7, 11) is 0. The number of carbonyl (C=O) groups is 1. The van der Waals surface area contributed by atoms with Crippen molar-refractivity contribution in [1.82, 2.24) is 14.7 Å². The van der Waals surface area contributed by atoms with E-state index in [0.717, 1.165) is 25.7 Å². The van der Waals surface area contributed by atoms with Crippen LogP contribution in [0.2, 0.25) is 0 Å². The van der Waals surface area contributed by atoms with E-state index in [0.29, 0.717) is 49.2 Å². The lowest BCUT2D eigenvalue weighted by Crippen LogP contribution is -2.60. The molecule has 4 N–H and O–H groups in total. The van der Waals surface area contributed by atoms with Gasteiger partial charge in [0.2, 0.25) is 0 Å². The molecule has 8 nitrogen and oxygen atoms in total. The van der Waals surface area contributed by atoms with Gasteiger partial charge in [-0.25, -0.2) is 4.79 Å². The zero-order chi connectivity index (χ0) is 35.0. The van der Waals surface area contributed by atoms with Crippen molar-refractivity contribution in [1.29, 1.82) is 0 Å². The Kier molecular flexibility index (Phi) is 19.3. The average molecular weight is 668 g/mol. The maximum Gasteiger partial charge on any atom is 0.340 e. The van der Waals surface area contributed by atoms with Crippen molar-refractivity contribution in [3.8, 4) is 0 Å². The van der Waals surface area contributed by atoms with Crippen LogP contribution in [0.5, 0.6) is 0 Å². The summed E-state index contributed by atoms with van der Waals surface area (Å²) in [5.74, 6) is -0.561. The van der Waals surface area contributed by atoms with Crippen LogP contribution >= 0.6 is 0 Å². The van der Waals surface area contributed by atoms with E-state index in [1.165, 1.54) is 89.9 Å². The van der Waals surface area contributed by atoms with Gasteiger partial charge in [0.15, 0.2) is 5.66 Å². The minimum atomic E-state index is -0.848. The van der Waals surface area contributed by atoms with Crippen molar-refractivity contribution in [2.75, 3.05) is 26.4 Å². The molecule has 0 radical (unpaired) electrons. The second-order valence-corrected chi connectivity index (χ2v) is 15.2. The first-order chi connectivity index (χ1) is 22.7. The lowest BCUT2D eigenvalue weighted by atomic mass is 9.88. The fourth-order valence-corrected chi connectivity index (χ4v) is 8.24. The Labute approximate surface area is 289 Å². The van der Waals surface area contributed by atoms with E-state index < -0.39 is 17.0 Å². The van der Waals surface area contributed by atoms with E-state index >= 15 is 0 Å². The molecule has 3 heterocycles. The summed E-state index contributed by atoms with van der Waals surface area (Å²) in [4.78, 5) is 21.5. The molecule has 0 aromatic rings. The molecule has 47 heavy (non-hydrogen) atoms. The summed E-state index contributed by atoms with van der Waals surface area (Å²) in [6.45, 7) is 15.7. The Morgan fingerprint density at radius 1 is 0.511 bits per heavy atom. The standard InChI is InChI=1S/C33H63N3O2.C6H14O3/c1-7-13-19-26-27(20-14-8-2)34(26)25-33(32(37)38,35-28(21-15-9-3)29(35)22-16-10-4)36-30(23-17-11-5)31(36)24-18-12-6;1-2-6(3-7,4-8)5-9/h26-31H,7-25H2,1-6H3,(H,37,38);7-9H,2-5H2,1H3. The average Bonchev–Trinajstić information content (AvgIpc) is 4.04. The fourth-order valence-electron chi connectivity index (χ4n) is 8.24. The molecule has 3 fully saturated rings. The van der Waals surface area contributed by atoms with Crippen LogP contribution in [0.15, 0.2) is 0 Å². The van der Waals surface area contributed by atoms with Crippen molar-refractivity contribution >= 4 is 5.97 Å². The Hall–Kier alpha value is -0.770. The van der Waals surface area contributed by atoms with Crippen LogP contribution in [0.4, 0.5) is 0 Å². The number of nitrogens with zero attached hydrogens (tertiary/aromatic N) is 3. The normalized spacial score (nSPS) is 30.7. The number of unbranched alkanes of at least 4 members (excludes halogenated alkanes) is 6. The molecule has 278 valence electrons. The van der Waals surface area contributed by atoms with Crippen molar-refractivity contribution < 1.29 is 25.2 Å². The first-order valence-electron chi connectivity index (χ1n) is 20.1. The second kappa shape index (κ2) is 21.4. The number of hydrogen-bond acceptors (Lipinski definition) is 7. The van der Waals surface area contributed by atoms with E-state index in [4.69, 9.17) is 15.3 Å². The summed E-state index contributed by atoms with van der Waals surface area (Å²) >= 11 is 0. The highest BCUT2D eigenvalue weighted by Gasteiger charge is 2.72. The lowest BCUT2D eigenvalue weighted by molar-refractivity contribution is -0.157. The predicted octanol–water partition coefficient (Wildman–Crippen LogP) is 7.43. The van der Waals surface area contributed by atoms with Crippen LogP contribution in [0.1, 0.15) is 170 Å². The monoisotopic (exact) mass is 668 g/mol. The highest BCUT2D eigenvalue weighted by atomic mass is 16.4. The Morgan fingerprint density at radius 3 is 0.979 bits per heavy atom. The molecule has 3 aliphatic heterocycles. The minimum absolute atomic E-state index is 0.156. The fraction of sp³-hybridized carbons (Fsp3) is 0.974. The number of rotatable bonds is 27. The molecule has 3 rings (SSSR count). The molecule has 6 unspecified atom stereocenters. The van der Waals surface area contributed by atoms with Gasteiger partial charge in [0.25, 0.3) is 0 Å². The van der Waals surface area contributed by atoms with Gasteiger partial charge in [-0.05, 0) is 44.9 Å². The summed E-state index contributed by atoms with van der Waals surface area (Å²) in [6.07, 6.45) is 22.3. The Morgan fingerprint density at radius 2 is 0.787 bits per heavy atom. The van der Waals surface area contributed by atoms with Crippen LogP contribution in [0.25, 0.3) is 0 Å². The first-order valence-corrected chi connectivity index (χ1v) is 20.1. The number of carboxylic acid groups (broad SMARTS) is 1. The Bertz CT molecular complexity index is 763.